The Hall–Kier alpha value is -3.00. The van der Waals surface area contributed by atoms with Gasteiger partial charge in [-0.1, -0.05) is 25.0 Å². The Morgan fingerprint density at radius 1 is 1.09 bits per heavy atom. The Labute approximate surface area is 189 Å². The minimum atomic E-state index is -0.363. The van der Waals surface area contributed by atoms with Crippen LogP contribution < -0.4 is 16.2 Å². The first-order valence-corrected chi connectivity index (χ1v) is 12.1. The number of amides is 2. The fourth-order valence-electron chi connectivity index (χ4n) is 4.76. The summed E-state index contributed by atoms with van der Waals surface area (Å²) in [6.07, 6.45) is 9.80. The third kappa shape index (κ3) is 4.07. The predicted molar refractivity (Wildman–Crippen MR) is 125 cm³/mol. The zero-order valence-electron chi connectivity index (χ0n) is 17.9. The van der Waals surface area contributed by atoms with Gasteiger partial charge in [-0.2, -0.15) is 0 Å². The highest BCUT2D eigenvalue weighted by Gasteiger charge is 2.22. The molecule has 8 heteroatoms. The van der Waals surface area contributed by atoms with Gasteiger partial charge in [0.1, 0.15) is 11.4 Å². The highest BCUT2D eigenvalue weighted by atomic mass is 32.1. The minimum absolute atomic E-state index is 0.148. The van der Waals surface area contributed by atoms with Crippen LogP contribution in [0.2, 0.25) is 0 Å². The van der Waals surface area contributed by atoms with Crippen LogP contribution in [0.25, 0.3) is 10.2 Å². The summed E-state index contributed by atoms with van der Waals surface area (Å²) in [6.45, 7) is -0.148. The number of carbonyl (C=O) groups is 2. The molecule has 0 spiro atoms. The Balaban J connectivity index is 1.34. The summed E-state index contributed by atoms with van der Waals surface area (Å²) in [7, 11) is 0. The molecule has 0 bridgehead atoms. The SMILES string of the molecule is O=C(Cn1cnc2sc3c(c2c1=O)CCCC3)Nc1ccccc1C(=O)NC1CCCC1. The van der Waals surface area contributed by atoms with Crippen LogP contribution in [0.3, 0.4) is 0 Å². The molecule has 32 heavy (non-hydrogen) atoms. The van der Waals surface area contributed by atoms with Crippen LogP contribution in [0, 0.1) is 0 Å². The number of aryl methyl sites for hydroxylation is 2. The molecule has 0 aliphatic heterocycles. The van der Waals surface area contributed by atoms with Crippen molar-refractivity contribution in [3.63, 3.8) is 0 Å². The third-order valence-electron chi connectivity index (χ3n) is 6.39. The number of benzene rings is 1. The van der Waals surface area contributed by atoms with Gasteiger partial charge in [0.25, 0.3) is 11.5 Å². The fraction of sp³-hybridized carbons (Fsp3) is 0.417. The molecule has 5 rings (SSSR count). The molecule has 1 aromatic carbocycles. The molecule has 0 unspecified atom stereocenters. The number of hydrogen-bond donors (Lipinski definition) is 2. The minimum Gasteiger partial charge on any atom is -0.349 e. The number of para-hydroxylation sites is 1. The number of nitrogens with one attached hydrogen (secondary N) is 2. The molecule has 7 nitrogen and oxygen atoms in total. The molecule has 2 aromatic heterocycles. The summed E-state index contributed by atoms with van der Waals surface area (Å²) < 4.78 is 1.36. The van der Waals surface area contributed by atoms with Gasteiger partial charge in [0.15, 0.2) is 0 Å². The Bertz CT molecular complexity index is 1240. The summed E-state index contributed by atoms with van der Waals surface area (Å²) in [5.74, 6) is -0.545. The largest absolute Gasteiger partial charge is 0.349 e. The van der Waals surface area contributed by atoms with Crippen molar-refractivity contribution in [2.45, 2.75) is 64.0 Å². The zero-order valence-corrected chi connectivity index (χ0v) is 18.7. The molecule has 0 radical (unpaired) electrons. The van der Waals surface area contributed by atoms with E-state index in [4.69, 9.17) is 0 Å². The maximum Gasteiger partial charge on any atom is 0.262 e. The Morgan fingerprint density at radius 3 is 2.72 bits per heavy atom. The van der Waals surface area contributed by atoms with Gasteiger partial charge in [-0.3, -0.25) is 19.0 Å². The van der Waals surface area contributed by atoms with Crippen molar-refractivity contribution >= 4 is 39.1 Å². The quantitative estimate of drug-likeness (QED) is 0.621. The van der Waals surface area contributed by atoms with Gasteiger partial charge in [0.2, 0.25) is 5.91 Å². The molecule has 2 amide bonds. The highest BCUT2D eigenvalue weighted by molar-refractivity contribution is 7.18. The molecule has 0 saturated heterocycles. The lowest BCUT2D eigenvalue weighted by Crippen LogP contribution is -2.33. The monoisotopic (exact) mass is 450 g/mol. The van der Waals surface area contributed by atoms with Crippen molar-refractivity contribution in [1.82, 2.24) is 14.9 Å². The molecule has 3 aromatic rings. The van der Waals surface area contributed by atoms with E-state index in [2.05, 4.69) is 15.6 Å². The second-order valence-corrected chi connectivity index (χ2v) is 9.70. The summed E-state index contributed by atoms with van der Waals surface area (Å²) in [5, 5.41) is 6.53. The first-order valence-electron chi connectivity index (χ1n) is 11.3. The van der Waals surface area contributed by atoms with Crippen LogP contribution in [0.15, 0.2) is 35.4 Å². The molecule has 1 fully saturated rings. The molecule has 2 N–H and O–H groups in total. The smallest absolute Gasteiger partial charge is 0.262 e. The van der Waals surface area contributed by atoms with Crippen molar-refractivity contribution < 1.29 is 9.59 Å². The summed E-state index contributed by atoms with van der Waals surface area (Å²) in [4.78, 5) is 45.1. The number of nitrogens with zero attached hydrogens (tertiary/aromatic N) is 2. The van der Waals surface area contributed by atoms with Crippen LogP contribution in [0.5, 0.6) is 0 Å². The van der Waals surface area contributed by atoms with Crippen LogP contribution in [0.1, 0.15) is 59.3 Å². The zero-order chi connectivity index (χ0) is 22.1. The van der Waals surface area contributed by atoms with Crippen LogP contribution >= 0.6 is 11.3 Å². The van der Waals surface area contributed by atoms with E-state index in [-0.39, 0.29) is 30.0 Å². The maximum absolute atomic E-state index is 13.1. The highest BCUT2D eigenvalue weighted by Crippen LogP contribution is 2.33. The van der Waals surface area contributed by atoms with Gasteiger partial charge < -0.3 is 10.6 Å². The van der Waals surface area contributed by atoms with E-state index in [0.29, 0.717) is 16.6 Å². The van der Waals surface area contributed by atoms with E-state index in [1.165, 1.54) is 15.8 Å². The Kier molecular flexibility index (Phi) is 5.78. The van der Waals surface area contributed by atoms with Crippen molar-refractivity contribution in [3.8, 4) is 0 Å². The number of carbonyl (C=O) groups excluding carboxylic acids is 2. The molecule has 2 aliphatic rings. The number of hydrogen-bond acceptors (Lipinski definition) is 5. The number of rotatable bonds is 5. The van der Waals surface area contributed by atoms with Crippen LogP contribution in [-0.2, 0) is 24.2 Å². The normalized spacial score (nSPS) is 16.1. The number of thiophene rings is 1. The van der Waals surface area contributed by atoms with Crippen molar-refractivity contribution in [3.05, 3.63) is 57.0 Å². The number of aromatic nitrogens is 2. The first kappa shape index (κ1) is 20.9. The van der Waals surface area contributed by atoms with E-state index in [9.17, 15) is 14.4 Å². The van der Waals surface area contributed by atoms with E-state index in [1.54, 1.807) is 35.6 Å². The molecule has 2 aliphatic carbocycles. The third-order valence-corrected chi connectivity index (χ3v) is 7.59. The molecular weight excluding hydrogens is 424 g/mol. The average molecular weight is 451 g/mol. The van der Waals surface area contributed by atoms with Gasteiger partial charge >= 0.3 is 0 Å². The summed E-state index contributed by atoms with van der Waals surface area (Å²) in [6, 6.07) is 7.16. The fourth-order valence-corrected chi connectivity index (χ4v) is 5.98. The van der Waals surface area contributed by atoms with Crippen LogP contribution in [0.4, 0.5) is 5.69 Å². The molecule has 0 atom stereocenters. The van der Waals surface area contributed by atoms with Crippen molar-refractivity contribution in [2.24, 2.45) is 0 Å². The first-order chi connectivity index (χ1) is 15.6. The van der Waals surface area contributed by atoms with Crippen molar-refractivity contribution in [2.75, 3.05) is 5.32 Å². The van der Waals surface area contributed by atoms with Gasteiger partial charge in [-0.15, -0.1) is 11.3 Å². The van der Waals surface area contributed by atoms with Gasteiger partial charge in [-0.05, 0) is 56.2 Å². The van der Waals surface area contributed by atoms with Gasteiger partial charge in [0.05, 0.1) is 23.0 Å². The van der Waals surface area contributed by atoms with E-state index >= 15 is 0 Å². The molecule has 1 saturated carbocycles. The lowest BCUT2D eigenvalue weighted by Gasteiger charge is -2.15. The Morgan fingerprint density at radius 2 is 1.88 bits per heavy atom. The van der Waals surface area contributed by atoms with E-state index < -0.39 is 0 Å². The topological polar surface area (TPSA) is 93.1 Å². The average Bonchev–Trinajstić information content (AvgIpc) is 3.43. The standard InChI is InChI=1S/C24H26N4O3S/c29-20(27-18-11-5-3-9-16(18)22(30)26-15-7-1-2-8-15)13-28-14-25-23-21(24(28)31)17-10-4-6-12-19(17)32-23/h3,5,9,11,14-15H,1-2,4,6-8,10,12-13H2,(H,26,30)(H,27,29). The second kappa shape index (κ2) is 8.86. The maximum atomic E-state index is 13.1. The number of fused-ring (bicyclic) bond motifs is 3. The lowest BCUT2D eigenvalue weighted by molar-refractivity contribution is -0.116. The summed E-state index contributed by atoms with van der Waals surface area (Å²) >= 11 is 1.59. The number of anilines is 1. The van der Waals surface area contributed by atoms with E-state index in [0.717, 1.165) is 61.8 Å². The van der Waals surface area contributed by atoms with Gasteiger partial charge in [-0.25, -0.2) is 4.98 Å². The van der Waals surface area contributed by atoms with Gasteiger partial charge in [0, 0.05) is 10.9 Å². The van der Waals surface area contributed by atoms with Crippen molar-refractivity contribution in [1.29, 1.82) is 0 Å². The second-order valence-electron chi connectivity index (χ2n) is 8.62. The molecular formula is C24H26N4O3S. The molecule has 166 valence electrons. The van der Waals surface area contributed by atoms with Crippen LogP contribution in [-0.4, -0.2) is 27.4 Å². The molecule has 2 heterocycles. The summed E-state index contributed by atoms with van der Waals surface area (Å²) in [5.41, 5.74) is 1.82. The lowest BCUT2D eigenvalue weighted by atomic mass is 9.97. The predicted octanol–water partition coefficient (Wildman–Crippen LogP) is 3.65. The van der Waals surface area contributed by atoms with E-state index in [1.807, 2.05) is 0 Å².